The van der Waals surface area contributed by atoms with E-state index in [4.69, 9.17) is 6.42 Å². The van der Waals surface area contributed by atoms with Crippen LogP contribution >= 0.6 is 0 Å². The lowest BCUT2D eigenvalue weighted by Gasteiger charge is -2.40. The first kappa shape index (κ1) is 16.0. The van der Waals surface area contributed by atoms with Gasteiger partial charge in [0, 0.05) is 26.2 Å². The number of hydrogen-bond donors (Lipinski definition) is 0. The second kappa shape index (κ2) is 5.76. The minimum Gasteiger partial charge on any atom is -0.285 e. The molecule has 1 aliphatic heterocycles. The first-order valence-corrected chi connectivity index (χ1v) is 8.20. The van der Waals surface area contributed by atoms with E-state index in [1.165, 1.54) is 22.5 Å². The van der Waals surface area contributed by atoms with Crippen molar-refractivity contribution in [2.45, 2.75) is 24.3 Å². The van der Waals surface area contributed by atoms with Crippen molar-refractivity contribution in [1.29, 1.82) is 0 Å². The lowest BCUT2D eigenvalue weighted by Crippen LogP contribution is -2.55. The zero-order valence-corrected chi connectivity index (χ0v) is 13.0. The van der Waals surface area contributed by atoms with Crippen molar-refractivity contribution in [2.24, 2.45) is 0 Å². The topological polar surface area (TPSA) is 40.6 Å². The Morgan fingerprint density at radius 3 is 2.29 bits per heavy atom. The third kappa shape index (κ3) is 3.10. The van der Waals surface area contributed by atoms with E-state index in [2.05, 4.69) is 10.8 Å². The van der Waals surface area contributed by atoms with E-state index in [0.717, 1.165) is 6.07 Å². The molecule has 0 radical (unpaired) electrons. The SMILES string of the molecule is C#CC(C)(C)N1CCN(S(=O)(=O)c2ccccc2F)CC1. The molecule has 1 aromatic rings. The highest BCUT2D eigenvalue weighted by atomic mass is 32.2. The molecule has 6 heteroatoms. The zero-order chi connectivity index (χ0) is 15.7. The Kier molecular flexibility index (Phi) is 4.38. The van der Waals surface area contributed by atoms with Crippen molar-refractivity contribution in [3.05, 3.63) is 30.1 Å². The van der Waals surface area contributed by atoms with Crippen LogP contribution in [0.3, 0.4) is 0 Å². The fraction of sp³-hybridized carbons (Fsp3) is 0.467. The van der Waals surface area contributed by atoms with Gasteiger partial charge in [-0.15, -0.1) is 6.42 Å². The van der Waals surface area contributed by atoms with Crippen LogP contribution in [0.15, 0.2) is 29.2 Å². The van der Waals surface area contributed by atoms with E-state index in [1.54, 1.807) is 0 Å². The van der Waals surface area contributed by atoms with Gasteiger partial charge in [-0.3, -0.25) is 4.90 Å². The van der Waals surface area contributed by atoms with Crippen LogP contribution in [-0.2, 0) is 10.0 Å². The molecule has 21 heavy (non-hydrogen) atoms. The molecule has 1 fully saturated rings. The number of benzene rings is 1. The van der Waals surface area contributed by atoms with Crippen LogP contribution in [0.4, 0.5) is 4.39 Å². The number of terminal acetylenes is 1. The monoisotopic (exact) mass is 310 g/mol. The maximum absolute atomic E-state index is 13.7. The molecule has 0 unspecified atom stereocenters. The summed E-state index contributed by atoms with van der Waals surface area (Å²) in [5, 5.41) is 0. The Bertz CT molecular complexity index is 656. The zero-order valence-electron chi connectivity index (χ0n) is 12.2. The normalized spacial score (nSPS) is 18.4. The molecule has 2 rings (SSSR count). The predicted octanol–water partition coefficient (Wildman–Crippen LogP) is 1.54. The highest BCUT2D eigenvalue weighted by molar-refractivity contribution is 7.89. The molecule has 1 heterocycles. The van der Waals surface area contributed by atoms with Crippen LogP contribution in [0.5, 0.6) is 0 Å². The minimum absolute atomic E-state index is 0.269. The average Bonchev–Trinajstić information content (AvgIpc) is 2.47. The molecular weight excluding hydrogens is 291 g/mol. The van der Waals surface area contributed by atoms with Crippen LogP contribution < -0.4 is 0 Å². The summed E-state index contributed by atoms with van der Waals surface area (Å²) in [6.07, 6.45) is 5.50. The third-order valence-electron chi connectivity index (χ3n) is 3.84. The highest BCUT2D eigenvalue weighted by Gasteiger charge is 2.34. The smallest absolute Gasteiger partial charge is 0.246 e. The van der Waals surface area contributed by atoms with Crippen LogP contribution in [0.1, 0.15) is 13.8 Å². The van der Waals surface area contributed by atoms with Crippen molar-refractivity contribution in [1.82, 2.24) is 9.21 Å². The van der Waals surface area contributed by atoms with E-state index in [9.17, 15) is 12.8 Å². The molecule has 0 atom stereocenters. The molecular formula is C15H19FN2O2S. The fourth-order valence-corrected chi connectivity index (χ4v) is 3.86. The molecule has 1 aromatic carbocycles. The van der Waals surface area contributed by atoms with Crippen molar-refractivity contribution < 1.29 is 12.8 Å². The molecule has 0 aliphatic carbocycles. The lowest BCUT2D eigenvalue weighted by atomic mass is 10.0. The summed E-state index contributed by atoms with van der Waals surface area (Å²) in [6, 6.07) is 5.45. The molecule has 1 aliphatic rings. The van der Waals surface area contributed by atoms with Gasteiger partial charge in [-0.2, -0.15) is 4.31 Å². The molecule has 0 aromatic heterocycles. The first-order valence-electron chi connectivity index (χ1n) is 6.76. The number of piperazine rings is 1. The van der Waals surface area contributed by atoms with E-state index in [0.29, 0.717) is 26.2 Å². The quantitative estimate of drug-likeness (QED) is 0.795. The fourth-order valence-electron chi connectivity index (χ4n) is 2.37. The van der Waals surface area contributed by atoms with Gasteiger partial charge in [0.15, 0.2) is 0 Å². The Morgan fingerprint density at radius 2 is 1.76 bits per heavy atom. The molecule has 0 amide bonds. The summed E-state index contributed by atoms with van der Waals surface area (Å²) in [7, 11) is -3.79. The first-order chi connectivity index (χ1) is 9.79. The van der Waals surface area contributed by atoms with E-state index in [-0.39, 0.29) is 4.90 Å². The Hall–Kier alpha value is -1.42. The summed E-state index contributed by atoms with van der Waals surface area (Å²) < 4.78 is 40.0. The lowest BCUT2D eigenvalue weighted by molar-refractivity contribution is 0.117. The maximum Gasteiger partial charge on any atom is 0.246 e. The van der Waals surface area contributed by atoms with Crippen molar-refractivity contribution >= 4 is 10.0 Å². The highest BCUT2D eigenvalue weighted by Crippen LogP contribution is 2.22. The second-order valence-corrected chi connectivity index (χ2v) is 7.43. The van der Waals surface area contributed by atoms with Crippen molar-refractivity contribution in [2.75, 3.05) is 26.2 Å². The van der Waals surface area contributed by atoms with Gasteiger partial charge in [0.1, 0.15) is 10.7 Å². The largest absolute Gasteiger partial charge is 0.285 e. The van der Waals surface area contributed by atoms with E-state index in [1.807, 2.05) is 13.8 Å². The number of rotatable bonds is 3. The molecule has 0 bridgehead atoms. The second-order valence-electron chi connectivity index (χ2n) is 5.52. The predicted molar refractivity (Wildman–Crippen MR) is 79.6 cm³/mol. The van der Waals surface area contributed by atoms with Gasteiger partial charge in [0.25, 0.3) is 0 Å². The molecule has 0 N–H and O–H groups in total. The number of halogens is 1. The van der Waals surface area contributed by atoms with Crippen LogP contribution in [0.25, 0.3) is 0 Å². The van der Waals surface area contributed by atoms with E-state index >= 15 is 0 Å². The van der Waals surface area contributed by atoms with Gasteiger partial charge >= 0.3 is 0 Å². The Balaban J connectivity index is 2.16. The average molecular weight is 310 g/mol. The standard InChI is InChI=1S/C15H19FN2O2S/c1-4-15(2,3)17-9-11-18(12-10-17)21(19,20)14-8-6-5-7-13(14)16/h1,5-8H,9-12H2,2-3H3. The summed E-state index contributed by atoms with van der Waals surface area (Å²) in [5.41, 5.74) is -0.409. The van der Waals surface area contributed by atoms with Gasteiger partial charge in [0.05, 0.1) is 5.54 Å². The van der Waals surface area contributed by atoms with Crippen LogP contribution in [0, 0.1) is 18.2 Å². The number of nitrogens with zero attached hydrogens (tertiary/aromatic N) is 2. The molecule has 4 nitrogen and oxygen atoms in total. The third-order valence-corrected chi connectivity index (χ3v) is 5.77. The van der Waals surface area contributed by atoms with Gasteiger partial charge < -0.3 is 0 Å². The summed E-state index contributed by atoms with van der Waals surface area (Å²) in [4.78, 5) is 1.79. The molecule has 0 saturated carbocycles. The van der Waals surface area contributed by atoms with Gasteiger partial charge in [0.2, 0.25) is 10.0 Å². The summed E-state index contributed by atoms with van der Waals surface area (Å²) >= 11 is 0. The molecule has 114 valence electrons. The van der Waals surface area contributed by atoms with Crippen molar-refractivity contribution in [3.63, 3.8) is 0 Å². The summed E-state index contributed by atoms with van der Waals surface area (Å²) in [6.45, 7) is 5.53. The summed E-state index contributed by atoms with van der Waals surface area (Å²) in [5.74, 6) is 1.98. The number of hydrogen-bond acceptors (Lipinski definition) is 3. The Morgan fingerprint density at radius 1 is 1.19 bits per heavy atom. The van der Waals surface area contributed by atoms with Gasteiger partial charge in [-0.1, -0.05) is 18.1 Å². The van der Waals surface area contributed by atoms with Crippen LogP contribution in [0.2, 0.25) is 0 Å². The van der Waals surface area contributed by atoms with Crippen molar-refractivity contribution in [3.8, 4) is 12.3 Å². The van der Waals surface area contributed by atoms with Gasteiger partial charge in [-0.05, 0) is 26.0 Å². The molecule has 1 saturated heterocycles. The van der Waals surface area contributed by atoms with Crippen LogP contribution in [-0.4, -0.2) is 49.3 Å². The van der Waals surface area contributed by atoms with Gasteiger partial charge in [-0.25, -0.2) is 12.8 Å². The maximum atomic E-state index is 13.7. The van der Waals surface area contributed by atoms with E-state index < -0.39 is 21.4 Å². The number of sulfonamides is 1. The minimum atomic E-state index is -3.79. The molecule has 0 spiro atoms. The Labute approximate surface area is 125 Å².